The molecule has 6 nitrogen and oxygen atoms in total. The lowest BCUT2D eigenvalue weighted by atomic mass is 10.2. The average Bonchev–Trinajstić information content (AvgIpc) is 2.94. The molecule has 0 aromatic heterocycles. The molecule has 2 aromatic carbocycles. The molecule has 156 valence electrons. The summed E-state index contributed by atoms with van der Waals surface area (Å²) in [5.74, 6) is -0.889. The number of hydrogen-bond donors (Lipinski definition) is 1. The zero-order valence-corrected chi connectivity index (χ0v) is 20.7. The maximum atomic E-state index is 13.0. The Morgan fingerprint density at radius 2 is 1.93 bits per heavy atom. The van der Waals surface area contributed by atoms with E-state index in [1.165, 1.54) is 24.3 Å². The molecular weight excluding hydrogens is 637 g/mol. The van der Waals surface area contributed by atoms with Crippen molar-refractivity contribution in [3.05, 3.63) is 59.8 Å². The molecule has 10 heteroatoms. The second-order valence-electron chi connectivity index (χ2n) is 6.06. The van der Waals surface area contributed by atoms with Gasteiger partial charge in [0.15, 0.2) is 0 Å². The van der Waals surface area contributed by atoms with Crippen molar-refractivity contribution in [1.29, 1.82) is 0 Å². The summed E-state index contributed by atoms with van der Waals surface area (Å²) in [6.07, 6.45) is 1.61. The molecule has 0 saturated carbocycles. The third-order valence-corrected chi connectivity index (χ3v) is 6.25. The van der Waals surface area contributed by atoms with Crippen molar-refractivity contribution in [3.63, 3.8) is 0 Å². The summed E-state index contributed by atoms with van der Waals surface area (Å²) >= 11 is 5.10. The van der Waals surface area contributed by atoms with E-state index in [9.17, 15) is 18.8 Å². The number of amides is 3. The molecule has 3 amide bonds. The van der Waals surface area contributed by atoms with Gasteiger partial charge in [-0.05, 0) is 106 Å². The number of hydrogen-bond acceptors (Lipinski definition) is 5. The third kappa shape index (κ3) is 5.52. The van der Waals surface area contributed by atoms with Crippen molar-refractivity contribution in [3.8, 4) is 5.75 Å². The first-order valence-corrected chi connectivity index (χ1v) is 11.7. The quantitative estimate of drug-likeness (QED) is 0.347. The molecule has 1 heterocycles. The van der Waals surface area contributed by atoms with Gasteiger partial charge in [0.1, 0.15) is 18.1 Å². The van der Waals surface area contributed by atoms with Gasteiger partial charge in [0, 0.05) is 14.8 Å². The smallest absolute Gasteiger partial charge is 0.294 e. The maximum Gasteiger partial charge on any atom is 0.294 e. The number of carbonyl (C=O) groups excluding carboxylic acids is 3. The number of imide groups is 1. The van der Waals surface area contributed by atoms with E-state index in [4.69, 9.17) is 4.74 Å². The van der Waals surface area contributed by atoms with Crippen molar-refractivity contribution in [1.82, 2.24) is 4.90 Å². The van der Waals surface area contributed by atoms with Gasteiger partial charge in [-0.15, -0.1) is 0 Å². The normalized spacial score (nSPS) is 15.1. The first kappa shape index (κ1) is 23.0. The lowest BCUT2D eigenvalue weighted by Crippen LogP contribution is -2.36. The molecule has 1 N–H and O–H groups in total. The number of rotatable bonds is 6. The summed E-state index contributed by atoms with van der Waals surface area (Å²) in [6, 6.07) is 9.02. The van der Waals surface area contributed by atoms with Crippen LogP contribution >= 0.6 is 56.9 Å². The van der Waals surface area contributed by atoms with Crippen LogP contribution in [0.25, 0.3) is 6.08 Å². The highest BCUT2D eigenvalue weighted by molar-refractivity contribution is 14.1. The fraction of sp³-hybridized carbons (Fsp3) is 0.150. The van der Waals surface area contributed by atoms with Crippen LogP contribution in [0, 0.1) is 13.0 Å². The summed E-state index contributed by atoms with van der Waals surface area (Å²) in [7, 11) is 0. The molecule has 1 aliphatic heterocycles. The van der Waals surface area contributed by atoms with Crippen molar-refractivity contribution in [2.75, 3.05) is 18.5 Å². The van der Waals surface area contributed by atoms with Gasteiger partial charge < -0.3 is 10.1 Å². The van der Waals surface area contributed by atoms with Crippen LogP contribution in [-0.2, 0) is 9.59 Å². The van der Waals surface area contributed by atoms with E-state index in [0.29, 0.717) is 23.6 Å². The number of anilines is 1. The lowest BCUT2D eigenvalue weighted by Gasteiger charge is -2.13. The standard InChI is InChI=1S/C20H15FI2N2O4S/c1-2-29-18-11(7-13(22)9-15(18)23)8-16-19(27)25(20(28)30-16)10-17(26)24-14-5-3-12(21)4-6-14/h3-9H,2,10H2,1H3,(H,24,26)/b16-8+. The van der Waals surface area contributed by atoms with Crippen molar-refractivity contribution >= 4 is 85.8 Å². The Morgan fingerprint density at radius 3 is 2.60 bits per heavy atom. The maximum absolute atomic E-state index is 13.0. The van der Waals surface area contributed by atoms with Crippen LogP contribution in [0.3, 0.4) is 0 Å². The summed E-state index contributed by atoms with van der Waals surface area (Å²) in [5.41, 5.74) is 1.06. The van der Waals surface area contributed by atoms with Gasteiger partial charge in [-0.3, -0.25) is 19.3 Å². The molecule has 30 heavy (non-hydrogen) atoms. The Kier molecular flexibility index (Phi) is 7.74. The van der Waals surface area contributed by atoms with E-state index >= 15 is 0 Å². The Hall–Kier alpha value is -1.67. The van der Waals surface area contributed by atoms with Gasteiger partial charge in [0.05, 0.1) is 15.1 Å². The molecule has 0 bridgehead atoms. The molecule has 0 atom stereocenters. The van der Waals surface area contributed by atoms with Gasteiger partial charge in [-0.25, -0.2) is 4.39 Å². The number of carbonyl (C=O) groups is 3. The van der Waals surface area contributed by atoms with E-state index in [-0.39, 0.29) is 4.91 Å². The SMILES string of the molecule is CCOc1c(I)cc(I)cc1/C=C1/SC(=O)N(CC(=O)Nc2ccc(F)cc2)C1=O. The largest absolute Gasteiger partial charge is 0.492 e. The molecule has 2 aromatic rings. The average molecular weight is 652 g/mol. The molecular formula is C20H15FI2N2O4S. The Morgan fingerprint density at radius 1 is 1.23 bits per heavy atom. The number of nitrogens with zero attached hydrogens (tertiary/aromatic N) is 1. The zero-order chi connectivity index (χ0) is 21.8. The first-order valence-electron chi connectivity index (χ1n) is 8.71. The van der Waals surface area contributed by atoms with Gasteiger partial charge in [0.2, 0.25) is 5.91 Å². The molecule has 1 saturated heterocycles. The van der Waals surface area contributed by atoms with Crippen molar-refractivity contribution in [2.24, 2.45) is 0 Å². The predicted molar refractivity (Wildman–Crippen MR) is 131 cm³/mol. The van der Waals surface area contributed by atoms with Crippen LogP contribution in [0.15, 0.2) is 41.3 Å². The highest BCUT2D eigenvalue weighted by atomic mass is 127. The molecule has 0 aliphatic carbocycles. The first-order chi connectivity index (χ1) is 14.3. The summed E-state index contributed by atoms with van der Waals surface area (Å²) in [4.78, 5) is 38.4. The second-order valence-corrected chi connectivity index (χ2v) is 9.46. The van der Waals surface area contributed by atoms with Gasteiger partial charge in [0.25, 0.3) is 11.1 Å². The van der Waals surface area contributed by atoms with E-state index in [1.54, 1.807) is 6.08 Å². The zero-order valence-electron chi connectivity index (χ0n) is 15.6. The van der Waals surface area contributed by atoms with E-state index in [0.717, 1.165) is 23.8 Å². The van der Waals surface area contributed by atoms with E-state index in [1.807, 2.05) is 19.1 Å². The monoisotopic (exact) mass is 652 g/mol. The van der Waals surface area contributed by atoms with Crippen LogP contribution in [-0.4, -0.2) is 35.1 Å². The highest BCUT2D eigenvalue weighted by Crippen LogP contribution is 2.36. The molecule has 0 spiro atoms. The minimum Gasteiger partial charge on any atom is -0.492 e. The van der Waals surface area contributed by atoms with Crippen LogP contribution < -0.4 is 10.1 Å². The molecule has 0 radical (unpaired) electrons. The number of halogens is 3. The van der Waals surface area contributed by atoms with Crippen LogP contribution in [0.1, 0.15) is 12.5 Å². The summed E-state index contributed by atoms with van der Waals surface area (Å²) < 4.78 is 20.5. The predicted octanol–water partition coefficient (Wildman–Crippen LogP) is 5.11. The molecule has 0 unspecified atom stereocenters. The fourth-order valence-electron chi connectivity index (χ4n) is 2.64. The highest BCUT2D eigenvalue weighted by Gasteiger charge is 2.36. The van der Waals surface area contributed by atoms with E-state index in [2.05, 4.69) is 50.5 Å². The van der Waals surface area contributed by atoms with Crippen molar-refractivity contribution < 1.29 is 23.5 Å². The topological polar surface area (TPSA) is 75.7 Å². The van der Waals surface area contributed by atoms with E-state index < -0.39 is 29.4 Å². The second kappa shape index (κ2) is 10.1. The Balaban J connectivity index is 1.78. The molecule has 3 rings (SSSR count). The number of benzene rings is 2. The lowest BCUT2D eigenvalue weighted by molar-refractivity contribution is -0.127. The van der Waals surface area contributed by atoms with Crippen LogP contribution in [0.4, 0.5) is 14.9 Å². The summed E-state index contributed by atoms with van der Waals surface area (Å²) in [6.45, 7) is 1.90. The van der Waals surface area contributed by atoms with Gasteiger partial charge in [-0.1, -0.05) is 0 Å². The molecule has 1 aliphatic rings. The van der Waals surface area contributed by atoms with Crippen molar-refractivity contribution in [2.45, 2.75) is 6.92 Å². The number of nitrogens with one attached hydrogen (secondary N) is 1. The molecule has 1 fully saturated rings. The number of thioether (sulfide) groups is 1. The summed E-state index contributed by atoms with van der Waals surface area (Å²) in [5, 5.41) is 2.01. The minimum atomic E-state index is -0.552. The van der Waals surface area contributed by atoms with Crippen LogP contribution in [0.2, 0.25) is 0 Å². The Bertz CT molecular complexity index is 1040. The van der Waals surface area contributed by atoms with Gasteiger partial charge >= 0.3 is 0 Å². The minimum absolute atomic E-state index is 0.216. The third-order valence-electron chi connectivity index (χ3n) is 3.92. The van der Waals surface area contributed by atoms with Crippen LogP contribution in [0.5, 0.6) is 5.75 Å². The Labute approximate surface area is 203 Å². The number of ether oxygens (including phenoxy) is 1. The van der Waals surface area contributed by atoms with Gasteiger partial charge in [-0.2, -0.15) is 0 Å². The fourth-order valence-corrected chi connectivity index (χ4v) is 5.51.